The normalized spacial score (nSPS) is 14.5. The first kappa shape index (κ1) is 40.4. The minimum absolute atomic E-state index is 0.261. The fraction of sp³-hybridized carbons (Fsp3) is 0.101. The molecule has 0 N–H and O–H groups in total. The van der Waals surface area contributed by atoms with E-state index in [1.54, 1.807) is 0 Å². The summed E-state index contributed by atoms with van der Waals surface area (Å²) < 4.78 is 2.34. The van der Waals surface area contributed by atoms with Crippen LogP contribution in [0.25, 0.3) is 99.2 Å². The molecule has 1 spiro atoms. The van der Waals surface area contributed by atoms with E-state index in [9.17, 15) is 0 Å². The van der Waals surface area contributed by atoms with Crippen LogP contribution in [0.15, 0.2) is 218 Å². The molecule has 0 fully saturated rings. The van der Waals surface area contributed by atoms with Crippen molar-refractivity contribution in [1.82, 2.24) is 4.98 Å². The van der Waals surface area contributed by atoms with Gasteiger partial charge in [0.2, 0.25) is 0 Å². The zero-order chi connectivity index (χ0) is 47.0. The van der Waals surface area contributed by atoms with Gasteiger partial charge in [-0.25, -0.2) is 4.57 Å². The largest absolute Gasteiger partial charge is 0.331 e. The molecular weight excluding hydrogens is 857 g/mol. The number of nitrogens with zero attached hydrogens (tertiary/aromatic N) is 2. The van der Waals surface area contributed by atoms with Gasteiger partial charge in [-0.05, 0) is 135 Å². The van der Waals surface area contributed by atoms with Crippen molar-refractivity contribution in [2.45, 2.75) is 37.5 Å². The summed E-state index contributed by atoms with van der Waals surface area (Å²) in [4.78, 5) is 5.59. The van der Waals surface area contributed by atoms with Crippen molar-refractivity contribution in [2.75, 3.05) is 0 Å². The zero-order valence-electron chi connectivity index (χ0n) is 39.9. The van der Waals surface area contributed by atoms with E-state index in [0.29, 0.717) is 0 Å². The predicted molar refractivity (Wildman–Crippen MR) is 294 cm³/mol. The maximum Gasteiger partial charge on any atom is 0.331 e. The van der Waals surface area contributed by atoms with Gasteiger partial charge in [0.05, 0.1) is 23.6 Å². The van der Waals surface area contributed by atoms with Crippen LogP contribution in [-0.2, 0) is 25.3 Å². The van der Waals surface area contributed by atoms with Crippen LogP contribution in [0, 0.1) is 0 Å². The summed E-state index contributed by atoms with van der Waals surface area (Å²) in [6, 6.07) is 82.2. The average Bonchev–Trinajstić information content (AvgIpc) is 4.05. The van der Waals surface area contributed by atoms with E-state index in [0.717, 1.165) is 41.9 Å². The first-order valence-electron chi connectivity index (χ1n) is 25.4. The van der Waals surface area contributed by atoms with E-state index in [2.05, 4.69) is 237 Å². The van der Waals surface area contributed by atoms with Crippen molar-refractivity contribution >= 4 is 43.1 Å². The zero-order valence-corrected chi connectivity index (χ0v) is 39.9. The smallest absolute Gasteiger partial charge is 0.225 e. The number of benzene rings is 11. The molecule has 0 radical (unpaired) electrons. The molecule has 0 saturated heterocycles. The van der Waals surface area contributed by atoms with Crippen molar-refractivity contribution in [2.24, 2.45) is 7.05 Å². The van der Waals surface area contributed by atoms with Crippen LogP contribution in [0.2, 0.25) is 0 Å². The molecule has 1 atom stereocenters. The van der Waals surface area contributed by atoms with Gasteiger partial charge in [0.25, 0.3) is 0 Å². The summed E-state index contributed by atoms with van der Waals surface area (Å²) >= 11 is 0. The lowest BCUT2D eigenvalue weighted by Gasteiger charge is -2.30. The molecule has 11 aromatic carbocycles. The second kappa shape index (κ2) is 15.3. The van der Waals surface area contributed by atoms with E-state index in [4.69, 9.17) is 4.98 Å². The van der Waals surface area contributed by atoms with Crippen LogP contribution in [0.3, 0.4) is 0 Å². The molecule has 1 heterocycles. The van der Waals surface area contributed by atoms with Gasteiger partial charge >= 0.3 is 5.82 Å². The Hall–Kier alpha value is -8.46. The Balaban J connectivity index is 0.879. The van der Waals surface area contributed by atoms with Crippen molar-refractivity contribution in [3.8, 4) is 56.2 Å². The van der Waals surface area contributed by atoms with E-state index < -0.39 is 0 Å². The Bertz CT molecular complexity index is 4180. The molecule has 12 aromatic rings. The number of rotatable bonds is 7. The van der Waals surface area contributed by atoms with E-state index >= 15 is 0 Å². The fourth-order valence-corrected chi connectivity index (χ4v) is 14.0. The van der Waals surface area contributed by atoms with Crippen LogP contribution in [-0.4, -0.2) is 4.98 Å². The summed E-state index contributed by atoms with van der Waals surface area (Å²) in [5, 5.41) is 10.8. The summed E-state index contributed by atoms with van der Waals surface area (Å²) in [6.07, 6.45) is 2.82. The number of fused-ring (bicyclic) bond motifs is 15. The predicted octanol–water partition coefficient (Wildman–Crippen LogP) is 16.5. The molecule has 0 amide bonds. The van der Waals surface area contributed by atoms with Crippen LogP contribution in [0.5, 0.6) is 0 Å². The highest BCUT2D eigenvalue weighted by Gasteiger charge is 2.51. The molecule has 3 aliphatic rings. The van der Waals surface area contributed by atoms with Gasteiger partial charge in [-0.15, -0.1) is 0 Å². The van der Waals surface area contributed by atoms with E-state index in [-0.39, 0.29) is 11.3 Å². The highest BCUT2D eigenvalue weighted by atomic mass is 15.0. The molecule has 2 nitrogen and oxygen atoms in total. The SMILES string of the molecule is CCc1c(-c2ccccc2)nc(-c2ccc(CCC3c4ccccc4-c4c3ccc3c5cccc6c5c5c(cccc5c43)C63c4ccccc4-c4ccccc43)c3ccccc23)[n+](C)c1-c1ccccc1. The van der Waals surface area contributed by atoms with Crippen molar-refractivity contribution in [3.63, 3.8) is 0 Å². The molecule has 0 saturated carbocycles. The highest BCUT2D eigenvalue weighted by Crippen LogP contribution is 2.64. The van der Waals surface area contributed by atoms with Crippen molar-refractivity contribution in [3.05, 3.63) is 263 Å². The van der Waals surface area contributed by atoms with Crippen LogP contribution < -0.4 is 4.57 Å². The number of hydrogen-bond donors (Lipinski definition) is 0. The molecule has 3 aliphatic carbocycles. The van der Waals surface area contributed by atoms with E-state index in [1.165, 1.54) is 121 Å². The monoisotopic (exact) mass is 905 g/mol. The van der Waals surface area contributed by atoms with Crippen LogP contribution in [0.1, 0.15) is 63.8 Å². The maximum atomic E-state index is 5.59. The third-order valence-corrected chi connectivity index (χ3v) is 16.8. The third kappa shape index (κ3) is 5.42. The molecule has 0 bridgehead atoms. The second-order valence-electron chi connectivity index (χ2n) is 20.0. The van der Waals surface area contributed by atoms with Gasteiger partial charge < -0.3 is 0 Å². The van der Waals surface area contributed by atoms with Gasteiger partial charge in [-0.3, -0.25) is 0 Å². The second-order valence-corrected chi connectivity index (χ2v) is 20.0. The topological polar surface area (TPSA) is 16.8 Å². The summed E-state index contributed by atoms with van der Waals surface area (Å²) in [5.41, 5.74) is 22.0. The minimum Gasteiger partial charge on any atom is -0.225 e. The minimum atomic E-state index is -0.366. The van der Waals surface area contributed by atoms with Gasteiger partial charge in [-0.1, -0.05) is 219 Å². The molecule has 334 valence electrons. The van der Waals surface area contributed by atoms with Crippen molar-refractivity contribution < 1.29 is 4.57 Å². The average molecular weight is 906 g/mol. The summed E-state index contributed by atoms with van der Waals surface area (Å²) in [5.74, 6) is 1.23. The molecule has 71 heavy (non-hydrogen) atoms. The lowest BCUT2D eigenvalue weighted by atomic mass is 9.70. The Kier molecular flexibility index (Phi) is 8.69. The molecule has 0 aliphatic heterocycles. The standard InChI is InChI=1S/C69H49N2/c1-3-45-66(43-20-6-4-7-21-43)70-68(71(2)67(45)44-22-8-5-9-23-44)56-39-37-42(46-24-10-11-25-47(46)56)36-38-49-48-26-12-13-29-52(48)62-54(49)40-41-55-53-30-18-34-60-64(53)65-57(63(55)62)31-19-35-61(65)69(60)58-32-16-14-27-50(58)51-28-15-17-33-59(51)69/h4-35,37,39-41,49H,3,36,38H2,1-2H3/q+1. The quantitative estimate of drug-likeness (QED) is 0.115. The summed E-state index contributed by atoms with van der Waals surface area (Å²) in [6.45, 7) is 2.25. The number of aromatic nitrogens is 2. The highest BCUT2D eigenvalue weighted by molar-refractivity contribution is 6.33. The fourth-order valence-electron chi connectivity index (χ4n) is 14.0. The first-order valence-corrected chi connectivity index (χ1v) is 25.4. The van der Waals surface area contributed by atoms with Gasteiger partial charge in [0.15, 0.2) is 5.69 Å². The lowest BCUT2D eigenvalue weighted by molar-refractivity contribution is -0.652. The first-order chi connectivity index (χ1) is 35.1. The molecule has 2 heteroatoms. The third-order valence-electron chi connectivity index (χ3n) is 16.8. The molecule has 15 rings (SSSR count). The van der Waals surface area contributed by atoms with Gasteiger partial charge in [0.1, 0.15) is 5.69 Å². The summed E-state index contributed by atoms with van der Waals surface area (Å²) in [7, 11) is 2.20. The molecule has 1 aromatic heterocycles. The van der Waals surface area contributed by atoms with E-state index in [1.807, 2.05) is 0 Å². The van der Waals surface area contributed by atoms with Crippen molar-refractivity contribution in [1.29, 1.82) is 0 Å². The van der Waals surface area contributed by atoms with Gasteiger partial charge in [0, 0.05) is 17.0 Å². The van der Waals surface area contributed by atoms with Gasteiger partial charge in [-0.2, -0.15) is 0 Å². The number of aryl methyl sites for hydroxylation is 1. The lowest BCUT2D eigenvalue weighted by Crippen LogP contribution is -2.37. The molecular formula is C69H49N2+. The Morgan fingerprint density at radius 2 is 1.00 bits per heavy atom. The van der Waals surface area contributed by atoms with Crippen LogP contribution >= 0.6 is 0 Å². The Labute approximate surface area is 414 Å². The molecule has 1 unspecified atom stereocenters. The van der Waals surface area contributed by atoms with Crippen LogP contribution in [0.4, 0.5) is 0 Å². The number of hydrogen-bond acceptors (Lipinski definition) is 1. The Morgan fingerprint density at radius 3 is 1.72 bits per heavy atom. The Morgan fingerprint density at radius 1 is 0.437 bits per heavy atom. The maximum absolute atomic E-state index is 5.59.